The molecule has 1 heterocycles. The van der Waals surface area contributed by atoms with Gasteiger partial charge < -0.3 is 4.90 Å². The fourth-order valence-electron chi connectivity index (χ4n) is 2.65. The maximum absolute atomic E-state index is 2.45. The average molecular weight is 249 g/mol. The number of para-hydroxylation sites is 1. The van der Waals surface area contributed by atoms with Crippen LogP contribution in [-0.4, -0.2) is 6.54 Å². The van der Waals surface area contributed by atoms with Crippen molar-refractivity contribution >= 4 is 11.8 Å². The highest BCUT2D eigenvalue weighted by Crippen LogP contribution is 2.28. The molecule has 2 aromatic rings. The number of allylic oxidation sites excluding steroid dienone is 1. The Morgan fingerprint density at radius 3 is 2.21 bits per heavy atom. The fraction of sp³-hybridized carbons (Fsp3) is 0.222. The van der Waals surface area contributed by atoms with Crippen LogP contribution in [0.5, 0.6) is 0 Å². The molecule has 0 bridgehead atoms. The Hall–Kier alpha value is -2.02. The monoisotopic (exact) mass is 249 g/mol. The Bertz CT molecular complexity index is 542. The summed E-state index contributed by atoms with van der Waals surface area (Å²) in [5, 5.41) is 0. The van der Waals surface area contributed by atoms with Crippen LogP contribution >= 0.6 is 0 Å². The summed E-state index contributed by atoms with van der Waals surface area (Å²) < 4.78 is 0. The highest BCUT2D eigenvalue weighted by atomic mass is 15.1. The van der Waals surface area contributed by atoms with Gasteiger partial charge >= 0.3 is 0 Å². The predicted octanol–water partition coefficient (Wildman–Crippen LogP) is 4.72. The smallest absolute Gasteiger partial charge is 0.0408 e. The maximum Gasteiger partial charge on any atom is 0.0408 e. The standard InChI is InChI=1S/C18H19N/c1-3-9-16(10-4-1)15-18-13-7-8-14-19(18)17-11-5-2-6-12-17/h1-6,9-12,15H,7-8,13-14H2. The molecule has 1 nitrogen and oxygen atoms in total. The van der Waals surface area contributed by atoms with E-state index in [1.165, 1.54) is 36.2 Å². The van der Waals surface area contributed by atoms with Gasteiger partial charge in [-0.3, -0.25) is 0 Å². The number of anilines is 1. The van der Waals surface area contributed by atoms with E-state index in [0.717, 1.165) is 6.54 Å². The van der Waals surface area contributed by atoms with Gasteiger partial charge in [-0.2, -0.15) is 0 Å². The summed E-state index contributed by atoms with van der Waals surface area (Å²) in [5.74, 6) is 0. The summed E-state index contributed by atoms with van der Waals surface area (Å²) in [6, 6.07) is 21.3. The summed E-state index contributed by atoms with van der Waals surface area (Å²) in [6.45, 7) is 1.13. The molecule has 1 saturated heterocycles. The van der Waals surface area contributed by atoms with Gasteiger partial charge in [-0.1, -0.05) is 48.5 Å². The summed E-state index contributed by atoms with van der Waals surface area (Å²) in [4.78, 5) is 2.45. The van der Waals surface area contributed by atoms with Crippen molar-refractivity contribution < 1.29 is 0 Å². The maximum atomic E-state index is 2.45. The average Bonchev–Trinajstić information content (AvgIpc) is 2.50. The first kappa shape index (κ1) is 12.0. The van der Waals surface area contributed by atoms with Gasteiger partial charge in [0.25, 0.3) is 0 Å². The van der Waals surface area contributed by atoms with E-state index in [4.69, 9.17) is 0 Å². The fourth-order valence-corrected chi connectivity index (χ4v) is 2.65. The molecule has 1 heteroatoms. The summed E-state index contributed by atoms with van der Waals surface area (Å²) in [7, 11) is 0. The van der Waals surface area contributed by atoms with E-state index >= 15 is 0 Å². The molecule has 0 atom stereocenters. The van der Waals surface area contributed by atoms with E-state index in [9.17, 15) is 0 Å². The molecule has 0 saturated carbocycles. The molecule has 0 unspecified atom stereocenters. The first-order valence-corrected chi connectivity index (χ1v) is 7.02. The zero-order chi connectivity index (χ0) is 12.9. The first-order valence-electron chi connectivity index (χ1n) is 7.02. The molecule has 0 radical (unpaired) electrons. The normalized spacial score (nSPS) is 17.7. The number of nitrogens with zero attached hydrogens (tertiary/aromatic N) is 1. The van der Waals surface area contributed by atoms with Gasteiger partial charge in [0.1, 0.15) is 0 Å². The first-order chi connectivity index (χ1) is 9.43. The van der Waals surface area contributed by atoms with Gasteiger partial charge in [-0.25, -0.2) is 0 Å². The third-order valence-electron chi connectivity index (χ3n) is 3.61. The van der Waals surface area contributed by atoms with Crippen LogP contribution in [0.15, 0.2) is 66.4 Å². The molecular weight excluding hydrogens is 230 g/mol. The van der Waals surface area contributed by atoms with Crippen LogP contribution in [0.3, 0.4) is 0 Å². The Labute approximate surface area is 115 Å². The molecule has 0 spiro atoms. The van der Waals surface area contributed by atoms with E-state index in [1.807, 2.05) is 0 Å². The van der Waals surface area contributed by atoms with Crippen LogP contribution in [0.4, 0.5) is 5.69 Å². The molecule has 1 aliphatic heterocycles. The summed E-state index contributed by atoms with van der Waals surface area (Å²) in [6.07, 6.45) is 6.07. The Morgan fingerprint density at radius 2 is 1.47 bits per heavy atom. The van der Waals surface area contributed by atoms with Crippen molar-refractivity contribution in [3.63, 3.8) is 0 Å². The van der Waals surface area contributed by atoms with Crippen molar-refractivity contribution in [2.24, 2.45) is 0 Å². The van der Waals surface area contributed by atoms with Gasteiger partial charge in [0.05, 0.1) is 0 Å². The van der Waals surface area contributed by atoms with Crippen LogP contribution in [0.1, 0.15) is 24.8 Å². The summed E-state index contributed by atoms with van der Waals surface area (Å²) in [5.41, 5.74) is 4.04. The van der Waals surface area contributed by atoms with Crippen LogP contribution in [-0.2, 0) is 0 Å². The molecule has 19 heavy (non-hydrogen) atoms. The number of hydrogen-bond acceptors (Lipinski definition) is 1. The van der Waals surface area contributed by atoms with Crippen molar-refractivity contribution in [3.8, 4) is 0 Å². The minimum atomic E-state index is 1.13. The predicted molar refractivity (Wildman–Crippen MR) is 82.1 cm³/mol. The van der Waals surface area contributed by atoms with Crippen LogP contribution in [0, 0.1) is 0 Å². The quantitative estimate of drug-likeness (QED) is 0.744. The minimum absolute atomic E-state index is 1.13. The summed E-state index contributed by atoms with van der Waals surface area (Å²) >= 11 is 0. The van der Waals surface area contributed by atoms with Gasteiger partial charge in [-0.05, 0) is 43.0 Å². The van der Waals surface area contributed by atoms with E-state index in [2.05, 4.69) is 71.6 Å². The number of benzene rings is 2. The van der Waals surface area contributed by atoms with Crippen molar-refractivity contribution in [1.29, 1.82) is 0 Å². The van der Waals surface area contributed by atoms with E-state index in [1.54, 1.807) is 0 Å². The Kier molecular flexibility index (Phi) is 3.64. The second-order valence-electron chi connectivity index (χ2n) is 4.99. The van der Waals surface area contributed by atoms with Crippen molar-refractivity contribution in [1.82, 2.24) is 0 Å². The highest BCUT2D eigenvalue weighted by Gasteiger charge is 2.16. The second-order valence-corrected chi connectivity index (χ2v) is 4.99. The highest BCUT2D eigenvalue weighted by molar-refractivity contribution is 5.62. The van der Waals surface area contributed by atoms with E-state index < -0.39 is 0 Å². The van der Waals surface area contributed by atoms with Crippen molar-refractivity contribution in [2.45, 2.75) is 19.3 Å². The lowest BCUT2D eigenvalue weighted by Crippen LogP contribution is -2.27. The molecular formula is C18H19N. The lowest BCUT2D eigenvalue weighted by atomic mass is 10.0. The van der Waals surface area contributed by atoms with Crippen LogP contribution < -0.4 is 4.90 Å². The molecule has 0 aromatic heterocycles. The van der Waals surface area contributed by atoms with Crippen LogP contribution in [0.25, 0.3) is 6.08 Å². The van der Waals surface area contributed by atoms with Crippen molar-refractivity contribution in [2.75, 3.05) is 11.4 Å². The zero-order valence-electron chi connectivity index (χ0n) is 11.1. The van der Waals surface area contributed by atoms with Gasteiger partial charge in [-0.15, -0.1) is 0 Å². The Balaban J connectivity index is 1.92. The number of hydrogen-bond donors (Lipinski definition) is 0. The minimum Gasteiger partial charge on any atom is -0.345 e. The molecule has 0 N–H and O–H groups in total. The van der Waals surface area contributed by atoms with E-state index in [0.29, 0.717) is 0 Å². The molecule has 96 valence electrons. The number of piperidine rings is 1. The SMILES string of the molecule is C(=C1CCCCN1c1ccccc1)c1ccccc1. The molecule has 1 aliphatic rings. The van der Waals surface area contributed by atoms with Crippen molar-refractivity contribution in [3.05, 3.63) is 71.9 Å². The molecule has 0 amide bonds. The molecule has 2 aromatic carbocycles. The third kappa shape index (κ3) is 2.87. The van der Waals surface area contributed by atoms with Gasteiger partial charge in [0.2, 0.25) is 0 Å². The zero-order valence-corrected chi connectivity index (χ0v) is 11.1. The van der Waals surface area contributed by atoms with Gasteiger partial charge in [0, 0.05) is 17.9 Å². The lowest BCUT2D eigenvalue weighted by Gasteiger charge is -2.32. The second kappa shape index (κ2) is 5.75. The van der Waals surface area contributed by atoms with Crippen LogP contribution in [0.2, 0.25) is 0 Å². The largest absolute Gasteiger partial charge is 0.345 e. The molecule has 1 fully saturated rings. The molecule has 3 rings (SSSR count). The third-order valence-corrected chi connectivity index (χ3v) is 3.61. The van der Waals surface area contributed by atoms with E-state index in [-0.39, 0.29) is 0 Å². The molecule has 0 aliphatic carbocycles. The topological polar surface area (TPSA) is 3.24 Å². The Morgan fingerprint density at radius 1 is 0.789 bits per heavy atom. The number of rotatable bonds is 2. The van der Waals surface area contributed by atoms with Gasteiger partial charge in [0.15, 0.2) is 0 Å². The lowest BCUT2D eigenvalue weighted by molar-refractivity contribution is 0.643.